The molecule has 0 spiro atoms. The number of methoxy groups -OCH3 is 1. The van der Waals surface area contributed by atoms with Gasteiger partial charge in [0.2, 0.25) is 10.0 Å². The number of aromatic nitrogens is 2. The molecule has 1 rings (SSSR count). The van der Waals surface area contributed by atoms with Crippen LogP contribution in [0.2, 0.25) is 0 Å². The molecule has 0 radical (unpaired) electrons. The molecule has 1 aromatic heterocycles. The maximum atomic E-state index is 11.9. The Bertz CT molecular complexity index is 413. The third-order valence-corrected chi connectivity index (χ3v) is 4.05. The lowest BCUT2D eigenvalue weighted by Crippen LogP contribution is -2.30. The largest absolute Gasteiger partial charge is 0.383 e. The Kier molecular flexibility index (Phi) is 3.83. The lowest BCUT2D eigenvalue weighted by atomic mass is 10.5. The molecule has 0 aliphatic heterocycles. The average molecular weight is 233 g/mol. The summed E-state index contributed by atoms with van der Waals surface area (Å²) >= 11 is 0. The van der Waals surface area contributed by atoms with E-state index in [1.807, 2.05) is 0 Å². The molecule has 15 heavy (non-hydrogen) atoms. The van der Waals surface area contributed by atoms with Gasteiger partial charge in [-0.25, -0.2) is 8.42 Å². The van der Waals surface area contributed by atoms with Crippen molar-refractivity contribution < 1.29 is 13.2 Å². The normalized spacial score (nSPS) is 12.3. The first kappa shape index (κ1) is 12.2. The summed E-state index contributed by atoms with van der Waals surface area (Å²) in [6.07, 6.45) is 1.31. The predicted molar refractivity (Wildman–Crippen MR) is 55.0 cm³/mol. The lowest BCUT2D eigenvalue weighted by Gasteiger charge is -2.15. The van der Waals surface area contributed by atoms with Crippen LogP contribution in [0.3, 0.4) is 0 Å². The molecule has 0 aromatic carbocycles. The van der Waals surface area contributed by atoms with Gasteiger partial charge in [-0.15, -0.1) is 0 Å². The van der Waals surface area contributed by atoms with Gasteiger partial charge in [0.25, 0.3) is 0 Å². The zero-order chi connectivity index (χ0) is 11.5. The SMILES string of the molecule is COCCN(C)S(=O)(=O)c1cn[nH]c1C. The number of H-pyrrole nitrogens is 1. The van der Waals surface area contributed by atoms with Crippen LogP contribution in [0.1, 0.15) is 5.69 Å². The van der Waals surface area contributed by atoms with Crippen molar-refractivity contribution in [1.29, 1.82) is 0 Å². The second kappa shape index (κ2) is 4.73. The first-order valence-electron chi connectivity index (χ1n) is 4.45. The van der Waals surface area contributed by atoms with E-state index in [1.54, 1.807) is 6.92 Å². The summed E-state index contributed by atoms with van der Waals surface area (Å²) in [5, 5.41) is 6.29. The quantitative estimate of drug-likeness (QED) is 0.776. The van der Waals surface area contributed by atoms with E-state index >= 15 is 0 Å². The van der Waals surface area contributed by atoms with Crippen LogP contribution in [0.5, 0.6) is 0 Å². The summed E-state index contributed by atoms with van der Waals surface area (Å²) in [6, 6.07) is 0. The molecular formula is C8H15N3O3S. The van der Waals surface area contributed by atoms with E-state index in [1.165, 1.54) is 24.7 Å². The van der Waals surface area contributed by atoms with Crippen LogP contribution in [0.4, 0.5) is 0 Å². The van der Waals surface area contributed by atoms with Crippen LogP contribution in [0.15, 0.2) is 11.1 Å². The number of ether oxygens (including phenoxy) is 1. The Morgan fingerprint density at radius 1 is 1.60 bits per heavy atom. The molecule has 1 heterocycles. The molecule has 0 amide bonds. The third kappa shape index (κ3) is 2.55. The van der Waals surface area contributed by atoms with Crippen molar-refractivity contribution in [2.75, 3.05) is 27.3 Å². The second-order valence-electron chi connectivity index (χ2n) is 3.18. The fourth-order valence-corrected chi connectivity index (χ4v) is 2.38. The number of aryl methyl sites for hydroxylation is 1. The number of nitrogens with zero attached hydrogens (tertiary/aromatic N) is 2. The van der Waals surface area contributed by atoms with E-state index in [2.05, 4.69) is 10.2 Å². The zero-order valence-electron chi connectivity index (χ0n) is 9.02. The van der Waals surface area contributed by atoms with Crippen molar-refractivity contribution in [2.45, 2.75) is 11.8 Å². The Labute approximate surface area is 89.3 Å². The highest BCUT2D eigenvalue weighted by Gasteiger charge is 2.23. The van der Waals surface area contributed by atoms with Gasteiger partial charge in [0, 0.05) is 20.7 Å². The smallest absolute Gasteiger partial charge is 0.246 e. The van der Waals surface area contributed by atoms with Crippen molar-refractivity contribution in [2.24, 2.45) is 0 Å². The number of nitrogens with one attached hydrogen (secondary N) is 1. The zero-order valence-corrected chi connectivity index (χ0v) is 9.84. The molecule has 0 unspecified atom stereocenters. The Balaban J connectivity index is 2.88. The molecule has 1 N–H and O–H groups in total. The van der Waals surface area contributed by atoms with E-state index in [0.717, 1.165) is 0 Å². The molecule has 0 saturated heterocycles. The minimum atomic E-state index is -3.44. The molecule has 0 aliphatic carbocycles. The lowest BCUT2D eigenvalue weighted by molar-refractivity contribution is 0.185. The molecule has 0 atom stereocenters. The van der Waals surface area contributed by atoms with Gasteiger partial charge in [-0.05, 0) is 6.92 Å². The highest BCUT2D eigenvalue weighted by molar-refractivity contribution is 7.89. The summed E-state index contributed by atoms with van der Waals surface area (Å²) in [6.45, 7) is 2.36. The first-order valence-corrected chi connectivity index (χ1v) is 5.89. The number of hydrogen-bond acceptors (Lipinski definition) is 4. The van der Waals surface area contributed by atoms with Crippen molar-refractivity contribution in [1.82, 2.24) is 14.5 Å². The second-order valence-corrected chi connectivity index (χ2v) is 5.19. The Morgan fingerprint density at radius 3 is 2.73 bits per heavy atom. The standard InChI is InChI=1S/C8H15N3O3S/c1-7-8(6-9-10-7)15(12,13)11(2)4-5-14-3/h6H,4-5H2,1-3H3,(H,9,10). The minimum Gasteiger partial charge on any atom is -0.383 e. The van der Waals surface area contributed by atoms with Crippen molar-refractivity contribution >= 4 is 10.0 Å². The molecule has 0 saturated carbocycles. The van der Waals surface area contributed by atoms with Crippen LogP contribution in [0, 0.1) is 6.92 Å². The maximum Gasteiger partial charge on any atom is 0.246 e. The fourth-order valence-electron chi connectivity index (χ4n) is 1.11. The van der Waals surface area contributed by atoms with Crippen LogP contribution < -0.4 is 0 Å². The van der Waals surface area contributed by atoms with Gasteiger partial charge in [-0.3, -0.25) is 5.10 Å². The first-order chi connectivity index (χ1) is 7.00. The Morgan fingerprint density at radius 2 is 2.27 bits per heavy atom. The van der Waals surface area contributed by atoms with Crippen LogP contribution in [0.25, 0.3) is 0 Å². The molecule has 7 heteroatoms. The molecule has 6 nitrogen and oxygen atoms in total. The fraction of sp³-hybridized carbons (Fsp3) is 0.625. The summed E-state index contributed by atoms with van der Waals surface area (Å²) in [7, 11) is -0.393. The van der Waals surface area contributed by atoms with E-state index in [-0.39, 0.29) is 4.90 Å². The number of rotatable bonds is 5. The van der Waals surface area contributed by atoms with E-state index in [0.29, 0.717) is 18.8 Å². The van der Waals surface area contributed by atoms with Gasteiger partial charge in [0.1, 0.15) is 4.90 Å². The number of aromatic amines is 1. The molecule has 0 bridgehead atoms. The van der Waals surface area contributed by atoms with Crippen LogP contribution in [-0.2, 0) is 14.8 Å². The van der Waals surface area contributed by atoms with Gasteiger partial charge in [-0.1, -0.05) is 0 Å². The van der Waals surface area contributed by atoms with E-state index in [9.17, 15) is 8.42 Å². The molecule has 0 aliphatic rings. The summed E-state index contributed by atoms with van der Waals surface area (Å²) in [5.74, 6) is 0. The summed E-state index contributed by atoms with van der Waals surface area (Å²) in [5.41, 5.74) is 0.541. The maximum absolute atomic E-state index is 11.9. The van der Waals surface area contributed by atoms with E-state index < -0.39 is 10.0 Å². The van der Waals surface area contributed by atoms with Gasteiger partial charge in [0.15, 0.2) is 0 Å². The third-order valence-electron chi connectivity index (χ3n) is 2.08. The molecule has 1 aromatic rings. The molecule has 86 valence electrons. The van der Waals surface area contributed by atoms with Gasteiger partial charge in [0.05, 0.1) is 18.5 Å². The topological polar surface area (TPSA) is 75.3 Å². The number of hydrogen-bond donors (Lipinski definition) is 1. The highest BCUT2D eigenvalue weighted by atomic mass is 32.2. The van der Waals surface area contributed by atoms with Crippen LogP contribution in [-0.4, -0.2) is 50.2 Å². The summed E-state index contributed by atoms with van der Waals surface area (Å²) < 4.78 is 29.9. The molecule has 0 fully saturated rings. The van der Waals surface area contributed by atoms with Crippen molar-refractivity contribution in [3.05, 3.63) is 11.9 Å². The highest BCUT2D eigenvalue weighted by Crippen LogP contribution is 2.15. The minimum absolute atomic E-state index is 0.209. The Hall–Kier alpha value is -0.920. The van der Waals surface area contributed by atoms with Gasteiger partial charge >= 0.3 is 0 Å². The van der Waals surface area contributed by atoms with Gasteiger partial charge < -0.3 is 4.74 Å². The molecular weight excluding hydrogens is 218 g/mol. The number of sulfonamides is 1. The van der Waals surface area contributed by atoms with Crippen LogP contribution >= 0.6 is 0 Å². The predicted octanol–water partition coefficient (Wildman–Crippen LogP) is -0.0150. The van der Waals surface area contributed by atoms with Gasteiger partial charge in [-0.2, -0.15) is 9.40 Å². The average Bonchev–Trinajstić information content (AvgIpc) is 2.61. The van der Waals surface area contributed by atoms with Crippen molar-refractivity contribution in [3.63, 3.8) is 0 Å². The van der Waals surface area contributed by atoms with Crippen molar-refractivity contribution in [3.8, 4) is 0 Å². The summed E-state index contributed by atoms with van der Waals surface area (Å²) in [4.78, 5) is 0.209. The number of likely N-dealkylation sites (N-methyl/N-ethyl adjacent to an activating group) is 1. The van der Waals surface area contributed by atoms with E-state index in [4.69, 9.17) is 4.74 Å². The monoisotopic (exact) mass is 233 g/mol.